The molecule has 1 aromatic heterocycles. The van der Waals surface area contributed by atoms with Crippen molar-refractivity contribution in [2.24, 2.45) is 0 Å². The van der Waals surface area contributed by atoms with Crippen molar-refractivity contribution < 1.29 is 4.74 Å². The number of hydrogen-bond donors (Lipinski definition) is 0. The molecule has 0 spiro atoms. The third-order valence-electron chi connectivity index (χ3n) is 2.91. The third-order valence-corrected chi connectivity index (χ3v) is 4.97. The molecule has 21 heavy (non-hydrogen) atoms. The Bertz CT molecular complexity index is 639. The topological polar surface area (TPSA) is 51.1 Å². The van der Waals surface area contributed by atoms with E-state index in [1.165, 1.54) is 11.8 Å². The normalized spacial score (nSPS) is 15.2. The van der Waals surface area contributed by atoms with Gasteiger partial charge in [0, 0.05) is 22.5 Å². The molecule has 3 rings (SSSR count). The van der Waals surface area contributed by atoms with Crippen molar-refractivity contribution in [1.82, 2.24) is 15.0 Å². The van der Waals surface area contributed by atoms with E-state index >= 15 is 0 Å². The molecule has 0 N–H and O–H groups in total. The lowest BCUT2D eigenvalue weighted by Crippen LogP contribution is -2.37. The molecular formula is C13H12BrClN4OS. The van der Waals surface area contributed by atoms with Crippen molar-refractivity contribution in [2.45, 2.75) is 10.1 Å². The van der Waals surface area contributed by atoms with Gasteiger partial charge in [0.05, 0.1) is 13.2 Å². The Morgan fingerprint density at radius 2 is 1.90 bits per heavy atom. The van der Waals surface area contributed by atoms with Crippen molar-refractivity contribution in [3.8, 4) is 0 Å². The first-order chi connectivity index (χ1) is 10.2. The number of morpholine rings is 1. The second-order valence-electron chi connectivity index (χ2n) is 4.32. The molecule has 0 aliphatic carbocycles. The minimum atomic E-state index is 0.209. The average molecular weight is 388 g/mol. The van der Waals surface area contributed by atoms with Crippen molar-refractivity contribution in [3.63, 3.8) is 0 Å². The van der Waals surface area contributed by atoms with Gasteiger partial charge >= 0.3 is 0 Å². The van der Waals surface area contributed by atoms with Crippen LogP contribution in [0.2, 0.25) is 5.28 Å². The Hall–Kier alpha value is -0.890. The SMILES string of the molecule is Clc1nc(Sc2ccccc2Br)nc(N2CCOCC2)n1. The van der Waals surface area contributed by atoms with Gasteiger partial charge in [-0.2, -0.15) is 15.0 Å². The molecule has 5 nitrogen and oxygen atoms in total. The second-order valence-corrected chi connectivity index (χ2v) is 6.52. The van der Waals surface area contributed by atoms with E-state index in [1.807, 2.05) is 24.3 Å². The summed E-state index contributed by atoms with van der Waals surface area (Å²) in [6.07, 6.45) is 0. The molecule has 2 aromatic rings. The average Bonchev–Trinajstić information content (AvgIpc) is 2.50. The van der Waals surface area contributed by atoms with Gasteiger partial charge in [0.1, 0.15) is 0 Å². The highest BCUT2D eigenvalue weighted by molar-refractivity contribution is 9.10. The van der Waals surface area contributed by atoms with Crippen LogP contribution < -0.4 is 4.90 Å². The van der Waals surface area contributed by atoms with Gasteiger partial charge in [-0.25, -0.2) is 0 Å². The van der Waals surface area contributed by atoms with Gasteiger partial charge in [-0.3, -0.25) is 0 Å². The van der Waals surface area contributed by atoms with Crippen LogP contribution in [0.25, 0.3) is 0 Å². The standard InChI is InChI=1S/C13H12BrClN4OS/c14-9-3-1-2-4-10(9)21-13-17-11(15)16-12(18-13)19-5-7-20-8-6-19/h1-4H,5-8H2. The maximum Gasteiger partial charge on any atom is 0.230 e. The summed E-state index contributed by atoms with van der Waals surface area (Å²) >= 11 is 11.0. The fourth-order valence-electron chi connectivity index (χ4n) is 1.90. The smallest absolute Gasteiger partial charge is 0.230 e. The number of rotatable bonds is 3. The van der Waals surface area contributed by atoms with Crippen LogP contribution in [0.4, 0.5) is 5.95 Å². The fourth-order valence-corrected chi connectivity index (χ4v) is 3.40. The molecule has 0 atom stereocenters. The van der Waals surface area contributed by atoms with Crippen LogP contribution in [0, 0.1) is 0 Å². The third kappa shape index (κ3) is 3.85. The number of nitrogens with zero attached hydrogens (tertiary/aromatic N) is 4. The first-order valence-corrected chi connectivity index (χ1v) is 8.38. The fraction of sp³-hybridized carbons (Fsp3) is 0.308. The van der Waals surface area contributed by atoms with Gasteiger partial charge in [0.15, 0.2) is 5.16 Å². The maximum atomic E-state index is 6.03. The highest BCUT2D eigenvalue weighted by Gasteiger charge is 2.16. The summed E-state index contributed by atoms with van der Waals surface area (Å²) in [6, 6.07) is 7.92. The first-order valence-electron chi connectivity index (χ1n) is 6.39. The number of ether oxygens (including phenoxy) is 1. The zero-order valence-electron chi connectivity index (χ0n) is 11.0. The van der Waals surface area contributed by atoms with Crippen LogP contribution in [-0.2, 0) is 4.74 Å². The molecule has 0 saturated carbocycles. The van der Waals surface area contributed by atoms with E-state index in [-0.39, 0.29) is 5.28 Å². The molecule has 0 radical (unpaired) electrons. The van der Waals surface area contributed by atoms with Crippen LogP contribution in [0.3, 0.4) is 0 Å². The van der Waals surface area contributed by atoms with Gasteiger partial charge in [-0.05, 0) is 51.4 Å². The monoisotopic (exact) mass is 386 g/mol. The van der Waals surface area contributed by atoms with Crippen molar-refractivity contribution in [1.29, 1.82) is 0 Å². The van der Waals surface area contributed by atoms with Gasteiger partial charge in [-0.1, -0.05) is 12.1 Å². The molecular weight excluding hydrogens is 376 g/mol. The Balaban J connectivity index is 1.85. The Morgan fingerprint density at radius 3 is 2.67 bits per heavy atom. The molecule has 1 aliphatic heterocycles. The quantitative estimate of drug-likeness (QED) is 0.805. The lowest BCUT2D eigenvalue weighted by molar-refractivity contribution is 0.122. The van der Waals surface area contributed by atoms with Gasteiger partial charge in [0.2, 0.25) is 11.2 Å². The summed E-state index contributed by atoms with van der Waals surface area (Å²) in [4.78, 5) is 16.0. The van der Waals surface area contributed by atoms with Crippen molar-refractivity contribution in [2.75, 3.05) is 31.2 Å². The lowest BCUT2D eigenvalue weighted by Gasteiger charge is -2.26. The predicted molar refractivity (Wildman–Crippen MR) is 86.1 cm³/mol. The molecule has 0 amide bonds. The van der Waals surface area contributed by atoms with Crippen LogP contribution in [-0.4, -0.2) is 41.3 Å². The van der Waals surface area contributed by atoms with Crippen LogP contribution in [0.5, 0.6) is 0 Å². The van der Waals surface area contributed by atoms with E-state index in [0.29, 0.717) is 24.3 Å². The van der Waals surface area contributed by atoms with E-state index in [0.717, 1.165) is 22.5 Å². The summed E-state index contributed by atoms with van der Waals surface area (Å²) in [5.41, 5.74) is 0. The molecule has 110 valence electrons. The highest BCUT2D eigenvalue weighted by atomic mass is 79.9. The Kier molecular flexibility index (Phi) is 4.95. The summed E-state index contributed by atoms with van der Waals surface area (Å²) in [6.45, 7) is 2.88. The Morgan fingerprint density at radius 1 is 1.14 bits per heavy atom. The van der Waals surface area contributed by atoms with Crippen molar-refractivity contribution >= 4 is 45.2 Å². The number of hydrogen-bond acceptors (Lipinski definition) is 6. The minimum absolute atomic E-state index is 0.209. The maximum absolute atomic E-state index is 6.03. The molecule has 2 heterocycles. The molecule has 8 heteroatoms. The number of benzene rings is 1. The molecule has 1 aliphatic rings. The van der Waals surface area contributed by atoms with Gasteiger partial charge in [0.25, 0.3) is 0 Å². The van der Waals surface area contributed by atoms with E-state index in [4.69, 9.17) is 16.3 Å². The number of halogens is 2. The Labute approximate surface area is 140 Å². The minimum Gasteiger partial charge on any atom is -0.378 e. The van der Waals surface area contributed by atoms with E-state index in [2.05, 4.69) is 35.8 Å². The lowest BCUT2D eigenvalue weighted by atomic mass is 10.4. The molecule has 0 unspecified atom stereocenters. The summed E-state index contributed by atoms with van der Waals surface area (Å²) < 4.78 is 6.34. The molecule has 1 fully saturated rings. The van der Waals surface area contributed by atoms with Crippen LogP contribution in [0.15, 0.2) is 38.8 Å². The number of aromatic nitrogens is 3. The molecule has 1 aromatic carbocycles. The summed E-state index contributed by atoms with van der Waals surface area (Å²) in [5, 5.41) is 0.796. The van der Waals surface area contributed by atoms with Gasteiger partial charge < -0.3 is 9.64 Å². The molecule has 0 bridgehead atoms. The van der Waals surface area contributed by atoms with Crippen LogP contribution >= 0.6 is 39.3 Å². The van der Waals surface area contributed by atoms with Crippen LogP contribution in [0.1, 0.15) is 0 Å². The largest absolute Gasteiger partial charge is 0.378 e. The summed E-state index contributed by atoms with van der Waals surface area (Å²) in [7, 11) is 0. The zero-order valence-corrected chi connectivity index (χ0v) is 14.2. The van der Waals surface area contributed by atoms with E-state index < -0.39 is 0 Å². The number of anilines is 1. The summed E-state index contributed by atoms with van der Waals surface area (Å²) in [5.74, 6) is 0.604. The second kappa shape index (κ2) is 6.91. The highest BCUT2D eigenvalue weighted by Crippen LogP contribution is 2.32. The van der Waals surface area contributed by atoms with E-state index in [1.54, 1.807) is 0 Å². The van der Waals surface area contributed by atoms with Crippen molar-refractivity contribution in [3.05, 3.63) is 34.0 Å². The zero-order chi connectivity index (χ0) is 14.7. The molecule has 1 saturated heterocycles. The first kappa shape index (κ1) is 15.0. The predicted octanol–water partition coefficient (Wildman–Crippen LogP) is 3.28. The van der Waals surface area contributed by atoms with E-state index in [9.17, 15) is 0 Å². The van der Waals surface area contributed by atoms with Gasteiger partial charge in [-0.15, -0.1) is 0 Å².